The molecule has 2 rings (SSSR count). The highest BCUT2D eigenvalue weighted by Crippen LogP contribution is 2.30. The molecule has 0 saturated heterocycles. The van der Waals surface area contributed by atoms with Crippen LogP contribution in [0.15, 0.2) is 37.2 Å². The van der Waals surface area contributed by atoms with Crippen LogP contribution in [-0.2, 0) is 6.54 Å². The zero-order valence-electron chi connectivity index (χ0n) is 11.8. The van der Waals surface area contributed by atoms with E-state index < -0.39 is 0 Å². The number of benzene rings is 1. The molecule has 1 N–H and O–H groups in total. The Bertz CT molecular complexity index is 571. The van der Waals surface area contributed by atoms with Gasteiger partial charge in [-0.15, -0.1) is 10.2 Å². The Morgan fingerprint density at radius 2 is 2.15 bits per heavy atom. The van der Waals surface area contributed by atoms with Crippen LogP contribution >= 0.6 is 27.7 Å². The van der Waals surface area contributed by atoms with E-state index >= 15 is 0 Å². The fraction of sp³-hybridized carbons (Fsp3) is 0.429. The van der Waals surface area contributed by atoms with Gasteiger partial charge in [0, 0.05) is 22.8 Å². The van der Waals surface area contributed by atoms with Gasteiger partial charge in [-0.1, -0.05) is 35.8 Å². The Hall–Kier alpha value is -0.850. The van der Waals surface area contributed by atoms with Gasteiger partial charge in [0.1, 0.15) is 0 Å². The molecule has 0 radical (unpaired) electrons. The van der Waals surface area contributed by atoms with Gasteiger partial charge in [-0.05, 0) is 41.9 Å². The van der Waals surface area contributed by atoms with Crippen LogP contribution in [0.2, 0.25) is 0 Å². The smallest absolute Gasteiger partial charge is 0.281 e. The zero-order valence-corrected chi connectivity index (χ0v) is 14.2. The van der Waals surface area contributed by atoms with E-state index in [-0.39, 0.29) is 0 Å². The second-order valence-electron chi connectivity index (χ2n) is 4.97. The molecule has 0 unspecified atom stereocenters. The molecule has 2 aromatic rings. The summed E-state index contributed by atoms with van der Waals surface area (Å²) in [6.45, 7) is 8.08. The average molecular weight is 356 g/mol. The second-order valence-corrected chi connectivity index (χ2v) is 6.85. The number of hydrogen-bond acceptors (Lipinski definition) is 5. The molecular weight excluding hydrogens is 338 g/mol. The first-order chi connectivity index (χ1) is 9.54. The van der Waals surface area contributed by atoms with Gasteiger partial charge in [0.25, 0.3) is 5.22 Å². The van der Waals surface area contributed by atoms with Crippen molar-refractivity contribution in [3.63, 3.8) is 0 Å². The fourth-order valence-corrected chi connectivity index (χ4v) is 3.08. The number of hydrogen-bond donors (Lipinski definition) is 1. The van der Waals surface area contributed by atoms with E-state index in [4.69, 9.17) is 4.42 Å². The fourth-order valence-electron chi connectivity index (χ4n) is 1.65. The van der Waals surface area contributed by atoms with Gasteiger partial charge in [-0.3, -0.25) is 0 Å². The Labute approximate surface area is 131 Å². The average Bonchev–Trinajstić information content (AvgIpc) is 2.77. The Balaban J connectivity index is 1.98. The molecule has 1 heterocycles. The molecule has 0 saturated carbocycles. The number of aryl methyl sites for hydroxylation is 1. The lowest BCUT2D eigenvalue weighted by molar-refractivity contribution is 0.429. The maximum atomic E-state index is 5.36. The molecular formula is C14H18BrN3OS. The second kappa shape index (κ2) is 7.24. The van der Waals surface area contributed by atoms with E-state index in [1.807, 2.05) is 0 Å². The van der Waals surface area contributed by atoms with Gasteiger partial charge in [-0.25, -0.2) is 0 Å². The Morgan fingerprint density at radius 1 is 1.35 bits per heavy atom. The summed E-state index contributed by atoms with van der Waals surface area (Å²) in [4.78, 5) is 1.08. The molecule has 0 aliphatic carbocycles. The molecule has 6 heteroatoms. The molecule has 4 nitrogen and oxygen atoms in total. The SMILES string of the molecule is Cc1nnc(Sc2ccc(CNCC(C)C)c(Br)c2)o1. The highest BCUT2D eigenvalue weighted by Gasteiger charge is 2.07. The van der Waals surface area contributed by atoms with Crippen molar-refractivity contribution in [3.05, 3.63) is 34.1 Å². The lowest BCUT2D eigenvalue weighted by atomic mass is 10.2. The van der Waals surface area contributed by atoms with Gasteiger partial charge in [0.15, 0.2) is 0 Å². The minimum Gasteiger partial charge on any atom is -0.416 e. The molecule has 0 amide bonds. The third-order valence-electron chi connectivity index (χ3n) is 2.61. The highest BCUT2D eigenvalue weighted by atomic mass is 79.9. The monoisotopic (exact) mass is 355 g/mol. The zero-order chi connectivity index (χ0) is 14.5. The summed E-state index contributed by atoms with van der Waals surface area (Å²) in [6.07, 6.45) is 0. The summed E-state index contributed by atoms with van der Waals surface area (Å²) < 4.78 is 6.45. The van der Waals surface area contributed by atoms with Gasteiger partial charge in [0.2, 0.25) is 5.89 Å². The molecule has 0 bridgehead atoms. The van der Waals surface area contributed by atoms with E-state index in [9.17, 15) is 0 Å². The quantitative estimate of drug-likeness (QED) is 0.847. The minimum absolute atomic E-state index is 0.570. The van der Waals surface area contributed by atoms with E-state index in [1.54, 1.807) is 6.92 Å². The van der Waals surface area contributed by atoms with Crippen molar-refractivity contribution in [1.29, 1.82) is 0 Å². The maximum absolute atomic E-state index is 5.36. The van der Waals surface area contributed by atoms with E-state index in [0.717, 1.165) is 22.5 Å². The third kappa shape index (κ3) is 4.61. The molecule has 0 aliphatic rings. The lowest BCUT2D eigenvalue weighted by Crippen LogP contribution is -2.19. The molecule has 0 aliphatic heterocycles. The molecule has 108 valence electrons. The van der Waals surface area contributed by atoms with Crippen molar-refractivity contribution in [1.82, 2.24) is 15.5 Å². The largest absolute Gasteiger partial charge is 0.416 e. The Morgan fingerprint density at radius 3 is 2.75 bits per heavy atom. The summed E-state index contributed by atoms with van der Waals surface area (Å²) in [5.74, 6) is 1.24. The predicted octanol–water partition coefficient (Wildman–Crippen LogP) is 4.04. The summed E-state index contributed by atoms with van der Waals surface area (Å²) in [5, 5.41) is 11.8. The first kappa shape index (κ1) is 15.5. The van der Waals surface area contributed by atoms with Crippen molar-refractivity contribution in [2.75, 3.05) is 6.54 Å². The van der Waals surface area contributed by atoms with E-state index in [0.29, 0.717) is 17.0 Å². The van der Waals surface area contributed by atoms with Crippen LogP contribution in [0.3, 0.4) is 0 Å². The number of halogens is 1. The highest BCUT2D eigenvalue weighted by molar-refractivity contribution is 9.10. The molecule has 20 heavy (non-hydrogen) atoms. The van der Waals surface area contributed by atoms with Gasteiger partial charge < -0.3 is 9.73 Å². The summed E-state index contributed by atoms with van der Waals surface area (Å²) in [6, 6.07) is 6.26. The summed E-state index contributed by atoms with van der Waals surface area (Å²) >= 11 is 5.08. The number of aromatic nitrogens is 2. The first-order valence-corrected chi connectivity index (χ1v) is 8.12. The van der Waals surface area contributed by atoms with Gasteiger partial charge >= 0.3 is 0 Å². The number of nitrogens with one attached hydrogen (secondary N) is 1. The predicted molar refractivity (Wildman–Crippen MR) is 83.8 cm³/mol. The van der Waals surface area contributed by atoms with Gasteiger partial charge in [0.05, 0.1) is 0 Å². The Kier molecular flexibility index (Phi) is 5.63. The van der Waals surface area contributed by atoms with E-state index in [2.05, 4.69) is 63.5 Å². The molecule has 0 spiro atoms. The van der Waals surface area contributed by atoms with Crippen molar-refractivity contribution < 1.29 is 4.42 Å². The number of nitrogens with zero attached hydrogens (tertiary/aromatic N) is 2. The van der Waals surface area contributed by atoms with Crippen molar-refractivity contribution in [2.24, 2.45) is 5.92 Å². The van der Waals surface area contributed by atoms with Crippen LogP contribution in [0.1, 0.15) is 25.3 Å². The van der Waals surface area contributed by atoms with Crippen LogP contribution in [0.5, 0.6) is 0 Å². The summed E-state index contributed by atoms with van der Waals surface area (Å²) in [5.41, 5.74) is 1.25. The standard InChI is InChI=1S/C14H18BrN3OS/c1-9(2)7-16-8-11-4-5-12(6-13(11)15)20-14-18-17-10(3)19-14/h4-6,9,16H,7-8H2,1-3H3. The van der Waals surface area contributed by atoms with E-state index in [1.165, 1.54) is 17.3 Å². The first-order valence-electron chi connectivity index (χ1n) is 6.51. The normalized spacial score (nSPS) is 11.2. The van der Waals surface area contributed by atoms with Crippen LogP contribution in [0.25, 0.3) is 0 Å². The van der Waals surface area contributed by atoms with Crippen molar-refractivity contribution in [3.8, 4) is 0 Å². The third-order valence-corrected chi connectivity index (χ3v) is 4.17. The van der Waals surface area contributed by atoms with Crippen LogP contribution in [0.4, 0.5) is 0 Å². The van der Waals surface area contributed by atoms with Crippen LogP contribution in [-0.4, -0.2) is 16.7 Å². The minimum atomic E-state index is 0.570. The molecule has 1 aromatic carbocycles. The van der Waals surface area contributed by atoms with Gasteiger partial charge in [-0.2, -0.15) is 0 Å². The maximum Gasteiger partial charge on any atom is 0.281 e. The molecule has 0 fully saturated rings. The lowest BCUT2D eigenvalue weighted by Gasteiger charge is -2.09. The topological polar surface area (TPSA) is 51.0 Å². The van der Waals surface area contributed by atoms with Crippen molar-refractivity contribution in [2.45, 2.75) is 37.4 Å². The summed E-state index contributed by atoms with van der Waals surface area (Å²) in [7, 11) is 0. The molecule has 0 atom stereocenters. The molecule has 1 aromatic heterocycles. The van der Waals surface area contributed by atoms with Crippen molar-refractivity contribution >= 4 is 27.7 Å². The number of rotatable bonds is 6. The van der Waals surface area contributed by atoms with Crippen LogP contribution in [0, 0.1) is 12.8 Å². The van der Waals surface area contributed by atoms with Crippen LogP contribution < -0.4 is 5.32 Å².